The van der Waals surface area contributed by atoms with Crippen LogP contribution in [0.3, 0.4) is 0 Å². The first-order valence-corrected chi connectivity index (χ1v) is 8.88. The van der Waals surface area contributed by atoms with Crippen molar-refractivity contribution >= 4 is 17.6 Å². The molecule has 3 rings (SSSR count). The number of carbonyl (C=O) groups is 2. The lowest BCUT2D eigenvalue weighted by atomic mass is 10.2. The van der Waals surface area contributed by atoms with Gasteiger partial charge in [-0.2, -0.15) is 10.2 Å². The highest BCUT2D eigenvalue weighted by atomic mass is 19.1. The maximum absolute atomic E-state index is 13.7. The molecule has 1 unspecified atom stereocenters. The summed E-state index contributed by atoms with van der Waals surface area (Å²) in [6.45, 7) is 4.80. The van der Waals surface area contributed by atoms with Gasteiger partial charge in [0, 0.05) is 12.3 Å². The van der Waals surface area contributed by atoms with Gasteiger partial charge in [-0.15, -0.1) is 0 Å². The molecule has 30 heavy (non-hydrogen) atoms. The van der Waals surface area contributed by atoms with Gasteiger partial charge in [0.2, 0.25) is 5.91 Å². The van der Waals surface area contributed by atoms with Crippen molar-refractivity contribution in [2.24, 2.45) is 0 Å². The fraction of sp³-hybridized carbons (Fsp3) is 0.263. The quantitative estimate of drug-likeness (QED) is 0.609. The van der Waals surface area contributed by atoms with Gasteiger partial charge in [0.25, 0.3) is 0 Å². The third-order valence-corrected chi connectivity index (χ3v) is 4.47. The summed E-state index contributed by atoms with van der Waals surface area (Å²) in [5.74, 6) is -3.29. The van der Waals surface area contributed by atoms with E-state index >= 15 is 0 Å². The summed E-state index contributed by atoms with van der Waals surface area (Å²) >= 11 is 0. The molecule has 0 spiro atoms. The van der Waals surface area contributed by atoms with E-state index in [2.05, 4.69) is 15.5 Å². The molecule has 0 bridgehead atoms. The van der Waals surface area contributed by atoms with E-state index in [9.17, 15) is 18.4 Å². The molecule has 11 heteroatoms. The Morgan fingerprint density at radius 2 is 1.97 bits per heavy atom. The minimum absolute atomic E-state index is 0.129. The summed E-state index contributed by atoms with van der Waals surface area (Å²) in [4.78, 5) is 23.5. The normalized spacial score (nSPS) is 11.9. The first kappa shape index (κ1) is 21.0. The highest BCUT2D eigenvalue weighted by Crippen LogP contribution is 2.23. The first-order valence-electron chi connectivity index (χ1n) is 8.88. The minimum Gasteiger partial charge on any atom is -0.476 e. The third-order valence-electron chi connectivity index (χ3n) is 4.47. The van der Waals surface area contributed by atoms with Gasteiger partial charge in [-0.1, -0.05) is 0 Å². The second-order valence-corrected chi connectivity index (χ2v) is 6.54. The highest BCUT2D eigenvalue weighted by Gasteiger charge is 2.21. The number of ether oxygens (including phenoxy) is 1. The van der Waals surface area contributed by atoms with Gasteiger partial charge in [0.05, 0.1) is 17.1 Å². The van der Waals surface area contributed by atoms with Crippen LogP contribution in [0.25, 0.3) is 0 Å². The number of hydrogen-bond donors (Lipinski definition) is 2. The Labute approximate surface area is 169 Å². The second-order valence-electron chi connectivity index (χ2n) is 6.54. The van der Waals surface area contributed by atoms with E-state index in [1.54, 1.807) is 20.8 Å². The van der Waals surface area contributed by atoms with Gasteiger partial charge in [-0.3, -0.25) is 9.48 Å². The Hall–Kier alpha value is -3.76. The molecular weight excluding hydrogens is 400 g/mol. The number of nitrogens with zero attached hydrogens (tertiary/aromatic N) is 4. The Morgan fingerprint density at radius 3 is 2.60 bits per heavy atom. The van der Waals surface area contributed by atoms with Crippen LogP contribution < -0.4 is 10.1 Å². The molecule has 2 aromatic heterocycles. The first-order chi connectivity index (χ1) is 14.2. The van der Waals surface area contributed by atoms with E-state index in [0.29, 0.717) is 23.1 Å². The largest absolute Gasteiger partial charge is 0.476 e. The predicted molar refractivity (Wildman–Crippen MR) is 101 cm³/mol. The Morgan fingerprint density at radius 1 is 1.23 bits per heavy atom. The Bertz CT molecular complexity index is 1110. The minimum atomic E-state index is -1.19. The molecule has 0 fully saturated rings. The van der Waals surface area contributed by atoms with Crippen molar-refractivity contribution in [2.75, 3.05) is 5.32 Å². The van der Waals surface area contributed by atoms with E-state index in [-0.39, 0.29) is 18.2 Å². The molecule has 158 valence electrons. The van der Waals surface area contributed by atoms with Crippen molar-refractivity contribution in [2.45, 2.75) is 33.5 Å². The number of aromatic carboxylic acids is 1. The zero-order valence-corrected chi connectivity index (χ0v) is 16.4. The van der Waals surface area contributed by atoms with Gasteiger partial charge in [0.15, 0.2) is 24.0 Å². The van der Waals surface area contributed by atoms with Crippen molar-refractivity contribution in [1.82, 2.24) is 19.6 Å². The zero-order chi connectivity index (χ0) is 22.0. The number of anilines is 1. The number of carboxylic acid groups (broad SMARTS) is 1. The van der Waals surface area contributed by atoms with Gasteiger partial charge >= 0.3 is 5.97 Å². The number of amides is 1. The average Bonchev–Trinajstić information content (AvgIpc) is 3.28. The number of halogens is 2. The molecule has 0 radical (unpaired) electrons. The van der Waals surface area contributed by atoms with Crippen molar-refractivity contribution in [3.05, 3.63) is 59.2 Å². The third kappa shape index (κ3) is 4.29. The van der Waals surface area contributed by atoms with Crippen LogP contribution in [-0.4, -0.2) is 36.5 Å². The summed E-state index contributed by atoms with van der Waals surface area (Å²) in [5, 5.41) is 19.8. The fourth-order valence-corrected chi connectivity index (χ4v) is 2.74. The summed E-state index contributed by atoms with van der Waals surface area (Å²) in [7, 11) is 0. The molecule has 1 aromatic carbocycles. The van der Waals surface area contributed by atoms with E-state index in [1.165, 1.54) is 27.7 Å². The standard InChI is InChI=1S/C19H19F2N5O4/c1-10-17(22-18(27)12(3)25-7-6-15(24-25)19(28)29)11(2)26(23-10)9-30-16-5-4-13(20)8-14(16)21/h4-8,12H,9H2,1-3H3,(H,22,27)(H,28,29). The number of nitrogens with one attached hydrogen (secondary N) is 1. The number of aromatic nitrogens is 4. The molecular formula is C19H19F2N5O4. The summed E-state index contributed by atoms with van der Waals surface area (Å²) in [5.41, 5.74) is 1.34. The van der Waals surface area contributed by atoms with Gasteiger partial charge in [-0.25, -0.2) is 18.3 Å². The lowest BCUT2D eigenvalue weighted by Crippen LogP contribution is -2.25. The van der Waals surface area contributed by atoms with Crippen molar-refractivity contribution in [3.8, 4) is 5.75 Å². The van der Waals surface area contributed by atoms with E-state index in [4.69, 9.17) is 9.84 Å². The predicted octanol–water partition coefficient (Wildman–Crippen LogP) is 2.91. The molecule has 3 aromatic rings. The van der Waals surface area contributed by atoms with Gasteiger partial charge in [-0.05, 0) is 39.0 Å². The van der Waals surface area contributed by atoms with Crippen LogP contribution >= 0.6 is 0 Å². The van der Waals surface area contributed by atoms with Crippen LogP contribution in [-0.2, 0) is 11.5 Å². The van der Waals surface area contributed by atoms with E-state index in [1.807, 2.05) is 0 Å². The average molecular weight is 419 g/mol. The molecule has 2 heterocycles. The molecule has 0 saturated heterocycles. The molecule has 0 aliphatic rings. The maximum Gasteiger partial charge on any atom is 0.356 e. The number of carboxylic acids is 1. The molecule has 2 N–H and O–H groups in total. The Balaban J connectivity index is 1.71. The number of hydrogen-bond acceptors (Lipinski definition) is 5. The molecule has 1 amide bonds. The smallest absolute Gasteiger partial charge is 0.356 e. The van der Waals surface area contributed by atoms with Crippen LogP contribution in [0, 0.1) is 25.5 Å². The van der Waals surface area contributed by atoms with Gasteiger partial charge < -0.3 is 15.2 Å². The Kier molecular flexibility index (Phi) is 5.81. The van der Waals surface area contributed by atoms with Gasteiger partial charge in [0.1, 0.15) is 11.9 Å². The number of benzene rings is 1. The van der Waals surface area contributed by atoms with Crippen LogP contribution in [0.5, 0.6) is 5.75 Å². The lowest BCUT2D eigenvalue weighted by molar-refractivity contribution is -0.119. The number of rotatable bonds is 7. The summed E-state index contributed by atoms with van der Waals surface area (Å²) in [6.07, 6.45) is 1.40. The van der Waals surface area contributed by atoms with Crippen molar-refractivity contribution in [3.63, 3.8) is 0 Å². The maximum atomic E-state index is 13.7. The van der Waals surface area contributed by atoms with Crippen molar-refractivity contribution in [1.29, 1.82) is 0 Å². The number of aryl methyl sites for hydroxylation is 1. The molecule has 9 nitrogen and oxygen atoms in total. The van der Waals surface area contributed by atoms with Crippen LogP contribution in [0.2, 0.25) is 0 Å². The lowest BCUT2D eigenvalue weighted by Gasteiger charge is -2.13. The molecule has 1 atom stereocenters. The van der Waals surface area contributed by atoms with E-state index in [0.717, 1.165) is 6.07 Å². The number of carbonyl (C=O) groups excluding carboxylic acids is 1. The topological polar surface area (TPSA) is 111 Å². The molecule has 0 aliphatic heterocycles. The zero-order valence-electron chi connectivity index (χ0n) is 16.4. The van der Waals surface area contributed by atoms with Crippen molar-refractivity contribution < 1.29 is 28.2 Å². The van der Waals surface area contributed by atoms with Crippen LogP contribution in [0.1, 0.15) is 34.8 Å². The van der Waals surface area contributed by atoms with Crippen LogP contribution in [0.4, 0.5) is 14.5 Å². The SMILES string of the molecule is Cc1nn(COc2ccc(F)cc2F)c(C)c1NC(=O)C(C)n1ccc(C(=O)O)n1. The van der Waals surface area contributed by atoms with E-state index < -0.39 is 29.6 Å². The second kappa shape index (κ2) is 8.31. The summed E-state index contributed by atoms with van der Waals surface area (Å²) < 4.78 is 34.7. The summed E-state index contributed by atoms with van der Waals surface area (Å²) in [6, 6.07) is 3.50. The highest BCUT2D eigenvalue weighted by molar-refractivity contribution is 5.94. The monoisotopic (exact) mass is 419 g/mol. The van der Waals surface area contributed by atoms with Crippen LogP contribution in [0.15, 0.2) is 30.5 Å². The fourth-order valence-electron chi connectivity index (χ4n) is 2.74. The molecule has 0 saturated carbocycles. The molecule has 0 aliphatic carbocycles.